The van der Waals surface area contributed by atoms with Gasteiger partial charge in [0, 0.05) is 43.8 Å². The van der Waals surface area contributed by atoms with Gasteiger partial charge in [0.15, 0.2) is 11.6 Å². The summed E-state index contributed by atoms with van der Waals surface area (Å²) in [4.78, 5) is 16.0. The molecule has 0 N–H and O–H groups in total. The Hall–Kier alpha value is -8.15. The number of hydrogen-bond acceptors (Lipinski definition) is 4. The Morgan fingerprint density at radius 1 is 0.410 bits per heavy atom. The molecular formula is C56H32N4O. The molecular weight excluding hydrogens is 745 g/mol. The van der Waals surface area contributed by atoms with Crippen molar-refractivity contribution in [1.29, 1.82) is 0 Å². The van der Waals surface area contributed by atoms with E-state index in [0.717, 1.165) is 55.0 Å². The van der Waals surface area contributed by atoms with Crippen molar-refractivity contribution in [3.63, 3.8) is 0 Å². The molecule has 5 nitrogen and oxygen atoms in total. The van der Waals surface area contributed by atoms with Crippen LogP contribution in [0.5, 0.6) is 0 Å². The van der Waals surface area contributed by atoms with E-state index in [1.807, 2.05) is 36.4 Å². The summed E-state index contributed by atoms with van der Waals surface area (Å²) < 4.78 is 9.25. The second-order valence-corrected chi connectivity index (χ2v) is 16.2. The Labute approximate surface area is 349 Å². The monoisotopic (exact) mass is 776 g/mol. The molecule has 12 aromatic rings. The summed E-state index contributed by atoms with van der Waals surface area (Å²) in [6.07, 6.45) is 0. The third kappa shape index (κ3) is 4.17. The van der Waals surface area contributed by atoms with E-state index in [4.69, 9.17) is 19.4 Å². The Morgan fingerprint density at radius 3 is 1.67 bits per heavy atom. The summed E-state index contributed by atoms with van der Waals surface area (Å²) in [7, 11) is 0. The average Bonchev–Trinajstić information content (AvgIpc) is 4.06. The zero-order valence-electron chi connectivity index (χ0n) is 32.7. The smallest absolute Gasteiger partial charge is 0.238 e. The van der Waals surface area contributed by atoms with Crippen molar-refractivity contribution in [3.8, 4) is 51.0 Å². The third-order valence-electron chi connectivity index (χ3n) is 13.2. The lowest BCUT2D eigenvalue weighted by Crippen LogP contribution is -2.27. The van der Waals surface area contributed by atoms with Gasteiger partial charge >= 0.3 is 0 Å². The van der Waals surface area contributed by atoms with Gasteiger partial charge in [0.25, 0.3) is 0 Å². The van der Waals surface area contributed by atoms with Gasteiger partial charge in [-0.15, -0.1) is 0 Å². The van der Waals surface area contributed by atoms with E-state index in [2.05, 4.69) is 162 Å². The summed E-state index contributed by atoms with van der Waals surface area (Å²) in [5.41, 5.74) is 14.8. The van der Waals surface area contributed by atoms with Gasteiger partial charge < -0.3 is 4.42 Å². The van der Waals surface area contributed by atoms with E-state index in [-0.39, 0.29) is 0 Å². The van der Waals surface area contributed by atoms with Crippen LogP contribution in [0.15, 0.2) is 199 Å². The van der Waals surface area contributed by atoms with Crippen LogP contribution in [0.3, 0.4) is 0 Å². The molecule has 0 aliphatic heterocycles. The molecule has 282 valence electrons. The van der Waals surface area contributed by atoms with Crippen LogP contribution in [0.1, 0.15) is 22.3 Å². The molecule has 9 aromatic carbocycles. The number of aromatic nitrogens is 4. The number of nitrogens with zero attached hydrogens (tertiary/aromatic N) is 4. The lowest BCUT2D eigenvalue weighted by molar-refractivity contribution is 0.669. The van der Waals surface area contributed by atoms with Crippen LogP contribution in [0.2, 0.25) is 0 Å². The maximum absolute atomic E-state index is 6.91. The van der Waals surface area contributed by atoms with E-state index >= 15 is 0 Å². The van der Waals surface area contributed by atoms with Crippen molar-refractivity contribution < 1.29 is 4.42 Å². The van der Waals surface area contributed by atoms with Crippen LogP contribution in [0.4, 0.5) is 0 Å². The second-order valence-electron chi connectivity index (χ2n) is 16.2. The van der Waals surface area contributed by atoms with Crippen molar-refractivity contribution in [2.75, 3.05) is 0 Å². The van der Waals surface area contributed by atoms with Crippen LogP contribution >= 0.6 is 0 Å². The highest BCUT2D eigenvalue weighted by Gasteiger charge is 2.54. The first-order chi connectivity index (χ1) is 30.3. The first-order valence-electron chi connectivity index (χ1n) is 20.8. The topological polar surface area (TPSA) is 56.7 Å². The van der Waals surface area contributed by atoms with Gasteiger partial charge in [-0.05, 0) is 56.3 Å². The van der Waals surface area contributed by atoms with Crippen molar-refractivity contribution >= 4 is 54.5 Å². The minimum atomic E-state index is -0.711. The fourth-order valence-electron chi connectivity index (χ4n) is 10.9. The Bertz CT molecular complexity index is 3770. The quantitative estimate of drug-likeness (QED) is 0.179. The first-order valence-corrected chi connectivity index (χ1v) is 20.8. The lowest BCUT2D eigenvalue weighted by atomic mass is 9.69. The third-order valence-corrected chi connectivity index (χ3v) is 13.2. The molecule has 2 aliphatic rings. The fourth-order valence-corrected chi connectivity index (χ4v) is 10.9. The van der Waals surface area contributed by atoms with Crippen LogP contribution in [0.25, 0.3) is 105 Å². The summed E-state index contributed by atoms with van der Waals surface area (Å²) in [5, 5.41) is 6.98. The highest BCUT2D eigenvalue weighted by atomic mass is 16.3. The molecule has 0 saturated carbocycles. The summed E-state index contributed by atoms with van der Waals surface area (Å²) in [5.74, 6) is 1.81. The molecule has 1 atom stereocenters. The largest absolute Gasteiger partial charge is 0.455 e. The molecule has 0 bridgehead atoms. The van der Waals surface area contributed by atoms with Gasteiger partial charge in [-0.2, -0.15) is 9.97 Å². The highest BCUT2D eigenvalue weighted by Crippen LogP contribution is 2.67. The van der Waals surface area contributed by atoms with Gasteiger partial charge in [0.05, 0.1) is 16.4 Å². The van der Waals surface area contributed by atoms with Crippen molar-refractivity contribution in [2.24, 2.45) is 0 Å². The SMILES string of the molecule is c1ccc(-c2nc(-c3ccccc3)nc(-n3c4ccccc4c4c5ccccc5c5c(c43)C3(c4ccccc4-5)c4ccccc4-c4c3ccc3c4oc4ccccc43)n2)cc1. The van der Waals surface area contributed by atoms with Gasteiger partial charge in [-0.25, -0.2) is 4.98 Å². The maximum atomic E-state index is 6.91. The molecule has 3 heterocycles. The van der Waals surface area contributed by atoms with E-state index in [9.17, 15) is 0 Å². The van der Waals surface area contributed by atoms with Crippen molar-refractivity contribution in [2.45, 2.75) is 5.41 Å². The molecule has 2 aliphatic carbocycles. The molecule has 5 heteroatoms. The Kier molecular flexibility index (Phi) is 6.43. The molecule has 0 amide bonds. The fraction of sp³-hybridized carbons (Fsp3) is 0.0179. The van der Waals surface area contributed by atoms with Gasteiger partial charge in [0.2, 0.25) is 5.95 Å². The summed E-state index contributed by atoms with van der Waals surface area (Å²) >= 11 is 0. The number of para-hydroxylation sites is 2. The Balaban J connectivity index is 1.22. The average molecular weight is 777 g/mol. The normalized spacial score (nSPS) is 15.0. The molecule has 61 heavy (non-hydrogen) atoms. The van der Waals surface area contributed by atoms with Crippen molar-refractivity contribution in [3.05, 3.63) is 216 Å². The first kappa shape index (κ1) is 32.8. The minimum absolute atomic E-state index is 0.571. The van der Waals surface area contributed by atoms with Gasteiger partial charge in [-0.3, -0.25) is 4.57 Å². The number of benzene rings is 9. The molecule has 0 fully saturated rings. The number of rotatable bonds is 3. The van der Waals surface area contributed by atoms with Crippen molar-refractivity contribution in [1.82, 2.24) is 19.5 Å². The molecule has 14 rings (SSSR count). The van der Waals surface area contributed by atoms with Gasteiger partial charge in [-0.1, -0.05) is 182 Å². The molecule has 1 unspecified atom stereocenters. The van der Waals surface area contributed by atoms with E-state index in [1.54, 1.807) is 0 Å². The van der Waals surface area contributed by atoms with E-state index in [1.165, 1.54) is 55.1 Å². The lowest BCUT2D eigenvalue weighted by Gasteiger charge is -2.31. The molecule has 0 saturated heterocycles. The molecule has 0 radical (unpaired) electrons. The van der Waals surface area contributed by atoms with E-state index < -0.39 is 5.41 Å². The predicted molar refractivity (Wildman–Crippen MR) is 246 cm³/mol. The second kappa shape index (κ2) is 12.0. The van der Waals surface area contributed by atoms with Crippen LogP contribution < -0.4 is 0 Å². The van der Waals surface area contributed by atoms with Gasteiger partial charge in [0.1, 0.15) is 11.2 Å². The summed E-state index contributed by atoms with van der Waals surface area (Å²) in [6, 6.07) is 69.3. The van der Waals surface area contributed by atoms with E-state index in [0.29, 0.717) is 17.6 Å². The number of hydrogen-bond donors (Lipinski definition) is 0. The number of furan rings is 1. The van der Waals surface area contributed by atoms with Crippen LogP contribution in [-0.4, -0.2) is 19.5 Å². The predicted octanol–water partition coefficient (Wildman–Crippen LogP) is 13.7. The number of fused-ring (bicyclic) bond motifs is 21. The molecule has 1 spiro atoms. The van der Waals surface area contributed by atoms with Crippen LogP contribution in [-0.2, 0) is 5.41 Å². The highest BCUT2D eigenvalue weighted by molar-refractivity contribution is 6.28. The summed E-state index contributed by atoms with van der Waals surface area (Å²) in [6.45, 7) is 0. The minimum Gasteiger partial charge on any atom is -0.455 e. The Morgan fingerprint density at radius 2 is 0.967 bits per heavy atom. The van der Waals surface area contributed by atoms with Crippen LogP contribution in [0, 0.1) is 0 Å². The zero-order valence-corrected chi connectivity index (χ0v) is 32.7. The maximum Gasteiger partial charge on any atom is 0.238 e. The zero-order chi connectivity index (χ0) is 39.8. The standard InChI is InChI=1S/C56H32N4O/c1-3-17-33(18-4-1)53-57-54(34-19-5-2-6-20-34)59-55(58-53)60-45-29-15-11-26-41(45)48-37-23-8-7-22-36(37)47-39-24-9-13-27-42(39)56(50(47)51(48)60)43-28-14-10-25-40(43)49-44(56)32-31-38-35-21-12-16-30-46(35)61-52(38)49/h1-32H. The molecule has 3 aromatic heterocycles.